The van der Waals surface area contributed by atoms with Crippen molar-refractivity contribution in [2.75, 3.05) is 26.8 Å². The van der Waals surface area contributed by atoms with Crippen molar-refractivity contribution in [2.24, 2.45) is 0 Å². The van der Waals surface area contributed by atoms with Gasteiger partial charge in [0.25, 0.3) is 0 Å². The van der Waals surface area contributed by atoms with E-state index in [4.69, 9.17) is 15.9 Å². The van der Waals surface area contributed by atoms with Gasteiger partial charge >= 0.3 is 0 Å². The number of terminal acetylenes is 1. The first kappa shape index (κ1) is 17.0. The maximum atomic E-state index is 6.44. The van der Waals surface area contributed by atoms with Gasteiger partial charge in [-0.15, -0.1) is 6.42 Å². The minimum Gasteiger partial charge on any atom is -0.380 e. The maximum Gasteiger partial charge on any atom is 0.151 e. The molecule has 3 unspecified atom stereocenters. The fourth-order valence-corrected chi connectivity index (χ4v) is 3.04. The summed E-state index contributed by atoms with van der Waals surface area (Å²) in [6.07, 6.45) is 8.05. The SMILES string of the molecule is C#CC(C)(OC1CCCN(C)C1COCC)c1ccccc1. The minimum absolute atomic E-state index is 0.0894. The summed E-state index contributed by atoms with van der Waals surface area (Å²) in [5.41, 5.74) is 0.329. The van der Waals surface area contributed by atoms with Crippen LogP contribution in [0.5, 0.6) is 0 Å². The number of hydrogen-bond acceptors (Lipinski definition) is 3. The molecule has 1 fully saturated rings. The molecule has 1 aromatic carbocycles. The quantitative estimate of drug-likeness (QED) is 0.754. The largest absolute Gasteiger partial charge is 0.380 e. The lowest BCUT2D eigenvalue weighted by Gasteiger charge is -2.42. The molecule has 1 saturated heterocycles. The second-order valence-corrected chi connectivity index (χ2v) is 6.05. The zero-order valence-electron chi connectivity index (χ0n) is 13.9. The molecule has 120 valence electrons. The zero-order valence-corrected chi connectivity index (χ0v) is 13.9. The molecule has 0 N–H and O–H groups in total. The van der Waals surface area contributed by atoms with Gasteiger partial charge in [-0.3, -0.25) is 4.90 Å². The van der Waals surface area contributed by atoms with E-state index >= 15 is 0 Å². The molecular formula is C19H27NO2. The van der Waals surface area contributed by atoms with Crippen LogP contribution in [0.15, 0.2) is 30.3 Å². The van der Waals surface area contributed by atoms with E-state index in [1.807, 2.05) is 44.2 Å². The number of benzene rings is 1. The molecule has 1 heterocycles. The highest BCUT2D eigenvalue weighted by molar-refractivity contribution is 5.29. The fraction of sp³-hybridized carbons (Fsp3) is 0.579. The van der Waals surface area contributed by atoms with Crippen LogP contribution in [0.4, 0.5) is 0 Å². The van der Waals surface area contributed by atoms with Crippen LogP contribution in [0.1, 0.15) is 32.3 Å². The summed E-state index contributed by atoms with van der Waals surface area (Å²) in [6.45, 7) is 6.49. The molecule has 3 nitrogen and oxygen atoms in total. The monoisotopic (exact) mass is 301 g/mol. The van der Waals surface area contributed by atoms with E-state index in [2.05, 4.69) is 17.9 Å². The Morgan fingerprint density at radius 3 is 2.73 bits per heavy atom. The van der Waals surface area contributed by atoms with E-state index < -0.39 is 5.60 Å². The molecular weight excluding hydrogens is 274 g/mol. The lowest BCUT2D eigenvalue weighted by molar-refractivity contribution is -0.117. The molecule has 0 aliphatic carbocycles. The van der Waals surface area contributed by atoms with Gasteiger partial charge in [0.1, 0.15) is 0 Å². The third-order valence-electron chi connectivity index (χ3n) is 4.47. The Kier molecular flexibility index (Phi) is 6.02. The van der Waals surface area contributed by atoms with Gasteiger partial charge in [-0.05, 0) is 45.8 Å². The van der Waals surface area contributed by atoms with Gasteiger partial charge in [-0.25, -0.2) is 0 Å². The zero-order chi connectivity index (χ0) is 16.0. The molecule has 0 saturated carbocycles. The lowest BCUT2D eigenvalue weighted by Crippen LogP contribution is -2.51. The maximum absolute atomic E-state index is 6.44. The summed E-state index contributed by atoms with van der Waals surface area (Å²) in [5, 5.41) is 0. The van der Waals surface area contributed by atoms with Gasteiger partial charge < -0.3 is 9.47 Å². The number of likely N-dealkylation sites (N-methyl/N-ethyl adjacent to an activating group) is 1. The second-order valence-electron chi connectivity index (χ2n) is 6.05. The topological polar surface area (TPSA) is 21.7 Å². The Balaban J connectivity index is 2.16. The van der Waals surface area contributed by atoms with Crippen molar-refractivity contribution in [2.45, 2.75) is 44.4 Å². The third kappa shape index (κ3) is 3.89. The highest BCUT2D eigenvalue weighted by atomic mass is 16.5. The number of ether oxygens (including phenoxy) is 2. The average molecular weight is 301 g/mol. The van der Waals surface area contributed by atoms with Crippen LogP contribution < -0.4 is 0 Å². The average Bonchev–Trinajstić information content (AvgIpc) is 2.55. The van der Waals surface area contributed by atoms with Gasteiger partial charge in [-0.2, -0.15) is 0 Å². The van der Waals surface area contributed by atoms with Crippen molar-refractivity contribution in [3.8, 4) is 12.3 Å². The number of rotatable bonds is 6. The molecule has 22 heavy (non-hydrogen) atoms. The smallest absolute Gasteiger partial charge is 0.151 e. The number of hydrogen-bond donors (Lipinski definition) is 0. The van der Waals surface area contributed by atoms with Crippen molar-refractivity contribution >= 4 is 0 Å². The summed E-state index contributed by atoms with van der Waals surface area (Å²) in [4.78, 5) is 2.33. The van der Waals surface area contributed by atoms with Gasteiger partial charge in [-0.1, -0.05) is 36.3 Å². The van der Waals surface area contributed by atoms with E-state index in [0.717, 1.165) is 31.6 Å². The molecule has 0 aromatic heterocycles. The molecule has 0 amide bonds. The van der Waals surface area contributed by atoms with Crippen molar-refractivity contribution in [1.82, 2.24) is 4.90 Å². The van der Waals surface area contributed by atoms with Crippen LogP contribution in [0.2, 0.25) is 0 Å². The second kappa shape index (κ2) is 7.78. The highest BCUT2D eigenvalue weighted by Gasteiger charge is 2.36. The van der Waals surface area contributed by atoms with Crippen molar-refractivity contribution < 1.29 is 9.47 Å². The number of likely N-dealkylation sites (tertiary alicyclic amines) is 1. The van der Waals surface area contributed by atoms with Crippen molar-refractivity contribution in [1.29, 1.82) is 0 Å². The normalized spacial score (nSPS) is 25.4. The van der Waals surface area contributed by atoms with Gasteiger partial charge in [0.15, 0.2) is 5.60 Å². The van der Waals surface area contributed by atoms with Crippen LogP contribution in [-0.2, 0) is 15.1 Å². The van der Waals surface area contributed by atoms with E-state index in [-0.39, 0.29) is 12.1 Å². The van der Waals surface area contributed by atoms with Crippen LogP contribution in [0, 0.1) is 12.3 Å². The van der Waals surface area contributed by atoms with E-state index in [1.54, 1.807) is 0 Å². The molecule has 1 aromatic rings. The molecule has 0 bridgehead atoms. The molecule has 2 rings (SSSR count). The van der Waals surface area contributed by atoms with Crippen LogP contribution in [0.3, 0.4) is 0 Å². The first-order valence-electron chi connectivity index (χ1n) is 8.10. The van der Waals surface area contributed by atoms with Gasteiger partial charge in [0.2, 0.25) is 0 Å². The summed E-state index contributed by atoms with van der Waals surface area (Å²) in [5.74, 6) is 2.85. The fourth-order valence-electron chi connectivity index (χ4n) is 3.04. The van der Waals surface area contributed by atoms with E-state index in [9.17, 15) is 0 Å². The lowest BCUT2D eigenvalue weighted by atomic mass is 9.94. The summed E-state index contributed by atoms with van der Waals surface area (Å²) in [6, 6.07) is 10.3. The highest BCUT2D eigenvalue weighted by Crippen LogP contribution is 2.31. The summed E-state index contributed by atoms with van der Waals surface area (Å²) in [7, 11) is 2.13. The Morgan fingerprint density at radius 1 is 1.36 bits per heavy atom. The molecule has 3 atom stereocenters. The molecule has 3 heteroatoms. The number of piperidine rings is 1. The summed E-state index contributed by atoms with van der Waals surface area (Å²) >= 11 is 0. The van der Waals surface area contributed by atoms with Crippen LogP contribution >= 0.6 is 0 Å². The standard InChI is InChI=1S/C19H27NO2/c1-5-19(3,16-11-8-7-9-12-16)22-18-13-10-14-20(4)17(18)15-21-6-2/h1,7-9,11-12,17-18H,6,10,13-15H2,2-4H3. The van der Waals surface area contributed by atoms with E-state index in [1.165, 1.54) is 0 Å². The van der Waals surface area contributed by atoms with Gasteiger partial charge in [0, 0.05) is 6.61 Å². The van der Waals surface area contributed by atoms with Crippen LogP contribution in [-0.4, -0.2) is 43.9 Å². The molecule has 1 aliphatic heterocycles. The first-order valence-corrected chi connectivity index (χ1v) is 8.10. The van der Waals surface area contributed by atoms with Crippen molar-refractivity contribution in [3.63, 3.8) is 0 Å². The predicted octanol–water partition coefficient (Wildman–Crippen LogP) is 3.05. The minimum atomic E-state index is -0.700. The number of nitrogens with zero attached hydrogens (tertiary/aromatic N) is 1. The predicted molar refractivity (Wildman–Crippen MR) is 89.6 cm³/mol. The first-order chi connectivity index (χ1) is 10.6. The molecule has 0 spiro atoms. The Bertz CT molecular complexity index is 496. The molecule has 0 radical (unpaired) electrons. The van der Waals surface area contributed by atoms with Crippen molar-refractivity contribution in [3.05, 3.63) is 35.9 Å². The Morgan fingerprint density at radius 2 is 2.09 bits per heavy atom. The Hall–Kier alpha value is -1.34. The van der Waals surface area contributed by atoms with E-state index in [0.29, 0.717) is 6.61 Å². The summed E-state index contributed by atoms with van der Waals surface area (Å²) < 4.78 is 12.1. The van der Waals surface area contributed by atoms with Gasteiger partial charge in [0.05, 0.1) is 18.8 Å². The third-order valence-corrected chi connectivity index (χ3v) is 4.47. The Labute approximate surface area is 134 Å². The van der Waals surface area contributed by atoms with Crippen LogP contribution in [0.25, 0.3) is 0 Å². The molecule has 1 aliphatic rings.